The van der Waals surface area contributed by atoms with Crippen molar-refractivity contribution in [1.29, 1.82) is 5.26 Å². The lowest BCUT2D eigenvalue weighted by atomic mass is 10.2. The summed E-state index contributed by atoms with van der Waals surface area (Å²) in [5, 5.41) is 8.67. The maximum atomic E-state index is 11.5. The summed E-state index contributed by atoms with van der Waals surface area (Å²) in [6, 6.07) is 8.47. The van der Waals surface area contributed by atoms with E-state index in [2.05, 4.69) is 4.72 Å². The number of sulfonamides is 1. The summed E-state index contributed by atoms with van der Waals surface area (Å²) >= 11 is 0. The Morgan fingerprint density at radius 3 is 2.71 bits per heavy atom. The molecule has 0 saturated heterocycles. The van der Waals surface area contributed by atoms with E-state index in [1.54, 1.807) is 24.3 Å². The SMILES string of the molecule is Cl.N#Cc1cccc(CS(=O)(=O)NCCN)c1. The van der Waals surface area contributed by atoms with Gasteiger partial charge in [-0.1, -0.05) is 12.1 Å². The van der Waals surface area contributed by atoms with Crippen LogP contribution in [0.4, 0.5) is 0 Å². The molecule has 0 aliphatic rings. The number of rotatable bonds is 5. The van der Waals surface area contributed by atoms with Gasteiger partial charge in [-0.15, -0.1) is 12.4 Å². The normalized spacial score (nSPS) is 10.4. The third kappa shape index (κ3) is 5.65. The smallest absolute Gasteiger partial charge is 0.215 e. The molecule has 17 heavy (non-hydrogen) atoms. The zero-order valence-corrected chi connectivity index (χ0v) is 10.7. The van der Waals surface area contributed by atoms with E-state index in [0.717, 1.165) is 0 Å². The van der Waals surface area contributed by atoms with Crippen LogP contribution in [-0.2, 0) is 15.8 Å². The Morgan fingerprint density at radius 2 is 2.12 bits per heavy atom. The third-order valence-corrected chi connectivity index (χ3v) is 3.24. The standard InChI is InChI=1S/C10H13N3O2S.ClH/c11-4-5-13-16(14,15)8-10-3-1-2-9(6-10)7-12;/h1-3,6,13H,4-5,8,11H2;1H. The first-order valence-corrected chi connectivity index (χ1v) is 6.39. The fourth-order valence-corrected chi connectivity index (χ4v) is 2.36. The maximum absolute atomic E-state index is 11.5. The van der Waals surface area contributed by atoms with Crippen molar-refractivity contribution in [2.75, 3.05) is 13.1 Å². The monoisotopic (exact) mass is 275 g/mol. The average molecular weight is 276 g/mol. The molecule has 0 unspecified atom stereocenters. The molecule has 0 amide bonds. The van der Waals surface area contributed by atoms with Crippen molar-refractivity contribution in [3.63, 3.8) is 0 Å². The molecule has 0 radical (unpaired) electrons. The van der Waals surface area contributed by atoms with Crippen LogP contribution in [-0.4, -0.2) is 21.5 Å². The Kier molecular flexibility index (Phi) is 6.76. The molecule has 0 heterocycles. The molecule has 1 aromatic carbocycles. The lowest BCUT2D eigenvalue weighted by Crippen LogP contribution is -2.30. The first kappa shape index (κ1) is 15.9. The van der Waals surface area contributed by atoms with E-state index >= 15 is 0 Å². The number of nitrogens with one attached hydrogen (secondary N) is 1. The van der Waals surface area contributed by atoms with Crippen molar-refractivity contribution in [1.82, 2.24) is 4.72 Å². The van der Waals surface area contributed by atoms with E-state index in [9.17, 15) is 8.42 Å². The molecule has 0 aromatic heterocycles. The van der Waals surface area contributed by atoms with E-state index in [4.69, 9.17) is 11.0 Å². The van der Waals surface area contributed by atoms with Crippen LogP contribution in [0.25, 0.3) is 0 Å². The van der Waals surface area contributed by atoms with Crippen LogP contribution in [0, 0.1) is 11.3 Å². The van der Waals surface area contributed by atoms with Gasteiger partial charge in [-0.3, -0.25) is 0 Å². The van der Waals surface area contributed by atoms with Crippen molar-refractivity contribution in [3.05, 3.63) is 35.4 Å². The van der Waals surface area contributed by atoms with E-state index in [-0.39, 0.29) is 31.2 Å². The van der Waals surface area contributed by atoms with Crippen molar-refractivity contribution in [2.45, 2.75) is 5.75 Å². The average Bonchev–Trinajstić information content (AvgIpc) is 2.26. The van der Waals surface area contributed by atoms with Crippen molar-refractivity contribution in [3.8, 4) is 6.07 Å². The molecule has 94 valence electrons. The van der Waals surface area contributed by atoms with Gasteiger partial charge in [0.2, 0.25) is 10.0 Å². The summed E-state index contributed by atoms with van der Waals surface area (Å²) in [5.74, 6) is -0.136. The number of hydrogen-bond acceptors (Lipinski definition) is 4. The second-order valence-corrected chi connectivity index (χ2v) is 5.06. The molecule has 0 saturated carbocycles. The minimum Gasteiger partial charge on any atom is -0.329 e. The Balaban J connectivity index is 0.00000256. The molecular weight excluding hydrogens is 262 g/mol. The van der Waals surface area contributed by atoms with Gasteiger partial charge in [0.25, 0.3) is 0 Å². The molecule has 1 rings (SSSR count). The van der Waals surface area contributed by atoms with Crippen molar-refractivity contribution in [2.24, 2.45) is 5.73 Å². The predicted octanol–water partition coefficient (Wildman–Crippen LogP) is 0.358. The Bertz CT molecular complexity index is 497. The topological polar surface area (TPSA) is 96.0 Å². The van der Waals surface area contributed by atoms with Gasteiger partial charge in [0.1, 0.15) is 0 Å². The number of nitrogens with two attached hydrogens (primary N) is 1. The van der Waals surface area contributed by atoms with E-state index in [0.29, 0.717) is 11.1 Å². The molecule has 0 aliphatic heterocycles. The highest BCUT2D eigenvalue weighted by molar-refractivity contribution is 7.88. The highest BCUT2D eigenvalue weighted by Gasteiger charge is 2.10. The predicted molar refractivity (Wildman–Crippen MR) is 68.1 cm³/mol. The van der Waals surface area contributed by atoms with Crippen LogP contribution >= 0.6 is 12.4 Å². The van der Waals surface area contributed by atoms with Gasteiger partial charge in [-0.25, -0.2) is 13.1 Å². The quantitative estimate of drug-likeness (QED) is 0.811. The van der Waals surface area contributed by atoms with Crippen LogP contribution in [0.3, 0.4) is 0 Å². The van der Waals surface area contributed by atoms with E-state index in [1.165, 1.54) is 0 Å². The van der Waals surface area contributed by atoms with Crippen molar-refractivity contribution >= 4 is 22.4 Å². The molecular formula is C10H14ClN3O2S. The highest BCUT2D eigenvalue weighted by Crippen LogP contribution is 2.07. The van der Waals surface area contributed by atoms with Crippen molar-refractivity contribution < 1.29 is 8.42 Å². The van der Waals surface area contributed by atoms with Gasteiger partial charge in [0.05, 0.1) is 17.4 Å². The Morgan fingerprint density at radius 1 is 1.41 bits per heavy atom. The minimum atomic E-state index is -3.36. The third-order valence-electron chi connectivity index (χ3n) is 1.88. The number of hydrogen-bond donors (Lipinski definition) is 2. The molecule has 1 aromatic rings. The largest absolute Gasteiger partial charge is 0.329 e. The van der Waals surface area contributed by atoms with Gasteiger partial charge in [-0.05, 0) is 17.7 Å². The molecule has 0 bridgehead atoms. The lowest BCUT2D eigenvalue weighted by Gasteiger charge is -2.05. The molecule has 3 N–H and O–H groups in total. The Labute approximate surface area is 107 Å². The van der Waals surface area contributed by atoms with Crippen LogP contribution in [0.5, 0.6) is 0 Å². The summed E-state index contributed by atoms with van der Waals surface area (Å²) in [6.07, 6.45) is 0. The van der Waals surface area contributed by atoms with Gasteiger partial charge < -0.3 is 5.73 Å². The zero-order valence-electron chi connectivity index (χ0n) is 9.09. The first-order chi connectivity index (χ1) is 7.57. The zero-order chi connectivity index (χ0) is 12.0. The molecule has 0 atom stereocenters. The molecule has 0 spiro atoms. The highest BCUT2D eigenvalue weighted by atomic mass is 35.5. The van der Waals surface area contributed by atoms with Gasteiger partial charge in [-0.2, -0.15) is 5.26 Å². The fourth-order valence-electron chi connectivity index (χ4n) is 1.22. The number of benzene rings is 1. The second-order valence-electron chi connectivity index (χ2n) is 3.25. The lowest BCUT2D eigenvalue weighted by molar-refractivity contribution is 0.581. The number of nitriles is 1. The van der Waals surface area contributed by atoms with E-state index in [1.807, 2.05) is 6.07 Å². The molecule has 7 heteroatoms. The summed E-state index contributed by atoms with van der Waals surface area (Å²) in [7, 11) is -3.36. The van der Waals surface area contributed by atoms with Gasteiger partial charge in [0, 0.05) is 13.1 Å². The van der Waals surface area contributed by atoms with E-state index < -0.39 is 10.0 Å². The van der Waals surface area contributed by atoms with Crippen LogP contribution in [0.2, 0.25) is 0 Å². The number of nitrogens with zero attached hydrogens (tertiary/aromatic N) is 1. The number of halogens is 1. The second kappa shape index (κ2) is 7.25. The summed E-state index contributed by atoms with van der Waals surface area (Å²) in [4.78, 5) is 0. The Hall–Kier alpha value is -1.13. The molecule has 0 aliphatic carbocycles. The van der Waals surface area contributed by atoms with Crippen LogP contribution in [0.15, 0.2) is 24.3 Å². The van der Waals surface area contributed by atoms with Crippen LogP contribution < -0.4 is 10.5 Å². The first-order valence-electron chi connectivity index (χ1n) is 4.74. The maximum Gasteiger partial charge on any atom is 0.215 e. The summed E-state index contributed by atoms with van der Waals surface area (Å²) in [6.45, 7) is 0.484. The van der Waals surface area contributed by atoms with Gasteiger partial charge in [0.15, 0.2) is 0 Å². The summed E-state index contributed by atoms with van der Waals surface area (Å²) in [5.41, 5.74) is 6.24. The summed E-state index contributed by atoms with van der Waals surface area (Å²) < 4.78 is 25.4. The van der Waals surface area contributed by atoms with Crippen LogP contribution in [0.1, 0.15) is 11.1 Å². The van der Waals surface area contributed by atoms with Gasteiger partial charge >= 0.3 is 0 Å². The molecule has 0 fully saturated rings. The fraction of sp³-hybridized carbons (Fsp3) is 0.300. The minimum absolute atomic E-state index is 0. The molecule has 5 nitrogen and oxygen atoms in total.